The van der Waals surface area contributed by atoms with Gasteiger partial charge in [-0.3, -0.25) is 0 Å². The van der Waals surface area contributed by atoms with E-state index in [0.717, 1.165) is 73.9 Å². The van der Waals surface area contributed by atoms with E-state index in [4.69, 9.17) is 9.47 Å². The first-order valence-electron chi connectivity index (χ1n) is 14.2. The number of halogens is 1. The number of piperidine rings is 1. The van der Waals surface area contributed by atoms with Gasteiger partial charge in [-0.05, 0) is 37.1 Å². The van der Waals surface area contributed by atoms with E-state index in [-0.39, 0.29) is 6.61 Å². The molecule has 0 aliphatic carbocycles. The van der Waals surface area contributed by atoms with Crippen LogP contribution in [0.25, 0.3) is 10.9 Å². The highest BCUT2D eigenvalue weighted by Crippen LogP contribution is 2.37. The van der Waals surface area contributed by atoms with Gasteiger partial charge in [0, 0.05) is 69.5 Å². The zero-order valence-corrected chi connectivity index (χ0v) is 23.7. The molecule has 41 heavy (non-hydrogen) atoms. The van der Waals surface area contributed by atoms with Crippen molar-refractivity contribution in [2.75, 3.05) is 69.8 Å². The lowest BCUT2D eigenvalue weighted by molar-refractivity contribution is 0.0237. The number of rotatable bonds is 8. The molecule has 6 rings (SSSR count). The van der Waals surface area contributed by atoms with E-state index in [1.54, 1.807) is 13.4 Å². The van der Waals surface area contributed by atoms with Gasteiger partial charge in [0.05, 0.1) is 12.6 Å². The zero-order valence-electron chi connectivity index (χ0n) is 23.7. The van der Waals surface area contributed by atoms with Crippen molar-refractivity contribution in [3.8, 4) is 11.5 Å². The summed E-state index contributed by atoms with van der Waals surface area (Å²) < 4.78 is 27.1. The second kappa shape index (κ2) is 11.8. The summed E-state index contributed by atoms with van der Waals surface area (Å²) >= 11 is 0. The van der Waals surface area contributed by atoms with Crippen LogP contribution in [0.2, 0.25) is 0 Å². The van der Waals surface area contributed by atoms with Gasteiger partial charge in [0.25, 0.3) is 0 Å². The number of hydrogen-bond donors (Lipinski definition) is 0. The molecule has 10 heteroatoms. The molecule has 2 aliphatic rings. The molecule has 214 valence electrons. The summed E-state index contributed by atoms with van der Waals surface area (Å²) in [5.41, 5.74) is 1.75. The van der Waals surface area contributed by atoms with Crippen LogP contribution in [0.15, 0.2) is 61.2 Å². The van der Waals surface area contributed by atoms with Gasteiger partial charge >= 0.3 is 0 Å². The number of likely N-dealkylation sites (tertiary alicyclic amines) is 1. The minimum atomic E-state index is -1.35. The van der Waals surface area contributed by atoms with Crippen LogP contribution in [-0.4, -0.2) is 90.5 Å². The summed E-state index contributed by atoms with van der Waals surface area (Å²) in [5.74, 6) is 2.62. The number of anilines is 2. The Kier molecular flexibility index (Phi) is 7.82. The average molecular weight is 558 g/mol. The molecule has 2 aliphatic heterocycles. The summed E-state index contributed by atoms with van der Waals surface area (Å²) in [6, 6.07) is 14.1. The molecule has 2 aromatic carbocycles. The Hall–Kier alpha value is -4.05. The maximum Gasteiger partial charge on any atom is 0.225 e. The Morgan fingerprint density at radius 2 is 1.54 bits per heavy atom. The summed E-state index contributed by atoms with van der Waals surface area (Å²) in [4.78, 5) is 25.0. The summed E-state index contributed by atoms with van der Waals surface area (Å²) in [6.07, 6.45) is 7.14. The van der Waals surface area contributed by atoms with Crippen LogP contribution in [0.5, 0.6) is 11.5 Å². The maximum atomic E-state index is 15.4. The lowest BCUT2D eigenvalue weighted by Crippen LogP contribution is -2.47. The smallest absolute Gasteiger partial charge is 0.225 e. The summed E-state index contributed by atoms with van der Waals surface area (Å²) in [7, 11) is 3.61. The highest BCUT2D eigenvalue weighted by molar-refractivity contribution is 5.92. The fourth-order valence-electron chi connectivity index (χ4n) is 5.50. The van der Waals surface area contributed by atoms with Gasteiger partial charge in [-0.2, -0.15) is 0 Å². The molecular formula is C31H36FN7O2. The molecule has 0 amide bonds. The first-order chi connectivity index (χ1) is 20.0. The topological polar surface area (TPSA) is 79.7 Å². The highest BCUT2D eigenvalue weighted by atomic mass is 19.1. The van der Waals surface area contributed by atoms with E-state index in [1.165, 1.54) is 5.56 Å². The quantitative estimate of drug-likeness (QED) is 0.317. The standard InChI is InChI=1S/C31H36FN7O2/c1-37-10-8-31(32,9-11-37)21-41-28-17-25-26(18-27(28)40-2)35-22-36-29(25)38-12-14-39(15-13-38)30-33-19-24(20-34-30)16-23-6-4-3-5-7-23/h3-7,17-20,22H,8-16,21H2,1-2H3. The molecule has 4 aromatic rings. The van der Waals surface area contributed by atoms with Crippen molar-refractivity contribution in [3.63, 3.8) is 0 Å². The zero-order chi connectivity index (χ0) is 28.2. The molecule has 2 saturated heterocycles. The Morgan fingerprint density at radius 1 is 0.829 bits per heavy atom. The third kappa shape index (κ3) is 6.17. The molecule has 0 bridgehead atoms. The number of nitrogens with zero attached hydrogens (tertiary/aromatic N) is 7. The van der Waals surface area contributed by atoms with Gasteiger partial charge in [-0.25, -0.2) is 24.3 Å². The van der Waals surface area contributed by atoms with Gasteiger partial charge in [0.2, 0.25) is 5.95 Å². The fraction of sp³-hybridized carbons (Fsp3) is 0.419. The van der Waals surface area contributed by atoms with Crippen molar-refractivity contribution in [2.24, 2.45) is 0 Å². The molecule has 0 N–H and O–H groups in total. The van der Waals surface area contributed by atoms with Crippen molar-refractivity contribution in [1.82, 2.24) is 24.8 Å². The minimum absolute atomic E-state index is 0.00541. The number of benzene rings is 2. The number of aromatic nitrogens is 4. The lowest BCUT2D eigenvalue weighted by atomic mass is 9.94. The van der Waals surface area contributed by atoms with Crippen LogP contribution in [0.1, 0.15) is 24.0 Å². The molecule has 0 atom stereocenters. The molecule has 2 aromatic heterocycles. The van der Waals surface area contributed by atoms with E-state index in [2.05, 4.69) is 46.8 Å². The maximum absolute atomic E-state index is 15.4. The van der Waals surface area contributed by atoms with Crippen LogP contribution in [0, 0.1) is 0 Å². The van der Waals surface area contributed by atoms with Crippen LogP contribution in [0.3, 0.4) is 0 Å². The second-order valence-corrected chi connectivity index (χ2v) is 11.0. The SMILES string of the molecule is COc1cc2ncnc(N3CCN(c4ncc(Cc5ccccc5)cn4)CC3)c2cc1OCC1(F)CCN(C)CC1. The number of fused-ring (bicyclic) bond motifs is 1. The lowest BCUT2D eigenvalue weighted by Gasteiger charge is -2.36. The van der Waals surface area contributed by atoms with Crippen LogP contribution < -0.4 is 19.3 Å². The summed E-state index contributed by atoms with van der Waals surface area (Å²) in [5, 5.41) is 0.856. The Bertz CT molecular complexity index is 1460. The third-order valence-electron chi connectivity index (χ3n) is 8.07. The molecule has 4 heterocycles. The molecule has 2 fully saturated rings. The number of hydrogen-bond acceptors (Lipinski definition) is 9. The molecule has 0 radical (unpaired) electrons. The number of piperazine rings is 1. The van der Waals surface area contributed by atoms with Crippen molar-refractivity contribution in [1.29, 1.82) is 0 Å². The van der Waals surface area contributed by atoms with E-state index in [0.29, 0.717) is 24.3 Å². The van der Waals surface area contributed by atoms with Gasteiger partial charge in [0.1, 0.15) is 24.4 Å². The van der Waals surface area contributed by atoms with Crippen LogP contribution in [0.4, 0.5) is 16.2 Å². The van der Waals surface area contributed by atoms with E-state index in [1.807, 2.05) is 49.8 Å². The summed E-state index contributed by atoms with van der Waals surface area (Å²) in [6.45, 7) is 4.48. The third-order valence-corrected chi connectivity index (χ3v) is 8.07. The normalized spacial score (nSPS) is 17.5. The monoisotopic (exact) mass is 557 g/mol. The largest absolute Gasteiger partial charge is 0.493 e. The number of methoxy groups -OCH3 is 1. The predicted molar refractivity (Wildman–Crippen MR) is 158 cm³/mol. The second-order valence-electron chi connectivity index (χ2n) is 11.0. The van der Waals surface area contributed by atoms with Crippen molar-refractivity contribution in [2.45, 2.75) is 24.9 Å². The van der Waals surface area contributed by atoms with E-state index >= 15 is 4.39 Å². The van der Waals surface area contributed by atoms with Crippen molar-refractivity contribution in [3.05, 3.63) is 72.3 Å². The fourth-order valence-corrected chi connectivity index (χ4v) is 5.50. The average Bonchev–Trinajstić information content (AvgIpc) is 3.02. The van der Waals surface area contributed by atoms with Gasteiger partial charge in [-0.1, -0.05) is 30.3 Å². The van der Waals surface area contributed by atoms with Crippen molar-refractivity contribution < 1.29 is 13.9 Å². The Morgan fingerprint density at radius 3 is 2.24 bits per heavy atom. The van der Waals surface area contributed by atoms with Crippen LogP contribution in [-0.2, 0) is 6.42 Å². The highest BCUT2D eigenvalue weighted by Gasteiger charge is 2.35. The number of ether oxygens (including phenoxy) is 2. The van der Waals surface area contributed by atoms with Gasteiger partial charge in [-0.15, -0.1) is 0 Å². The first-order valence-corrected chi connectivity index (χ1v) is 14.2. The number of alkyl halides is 1. The van der Waals surface area contributed by atoms with Gasteiger partial charge in [0.15, 0.2) is 11.5 Å². The molecule has 9 nitrogen and oxygen atoms in total. The Labute approximate surface area is 240 Å². The Balaban J connectivity index is 1.14. The first kappa shape index (κ1) is 27.1. The molecular weight excluding hydrogens is 521 g/mol. The minimum Gasteiger partial charge on any atom is -0.493 e. The van der Waals surface area contributed by atoms with Crippen molar-refractivity contribution >= 4 is 22.7 Å². The van der Waals surface area contributed by atoms with Gasteiger partial charge < -0.3 is 24.2 Å². The van der Waals surface area contributed by atoms with Crippen LogP contribution >= 0.6 is 0 Å². The van der Waals surface area contributed by atoms with E-state index in [9.17, 15) is 0 Å². The molecule has 0 unspecified atom stereocenters. The molecule has 0 spiro atoms. The molecule has 0 saturated carbocycles. The van der Waals surface area contributed by atoms with E-state index < -0.39 is 5.67 Å². The predicted octanol–water partition coefficient (Wildman–Crippen LogP) is 4.16.